The van der Waals surface area contributed by atoms with Crippen LogP contribution in [-0.2, 0) is 17.8 Å². The van der Waals surface area contributed by atoms with Gasteiger partial charge in [0.1, 0.15) is 24.5 Å². The number of amides is 1. The van der Waals surface area contributed by atoms with Gasteiger partial charge < -0.3 is 5.32 Å². The highest BCUT2D eigenvalue weighted by Gasteiger charge is 2.31. The minimum absolute atomic E-state index is 0.332. The summed E-state index contributed by atoms with van der Waals surface area (Å²) >= 11 is 0. The van der Waals surface area contributed by atoms with E-state index in [1.165, 1.54) is 0 Å². The number of carbonyl (C=O) groups is 1. The van der Waals surface area contributed by atoms with Crippen LogP contribution in [0.2, 0.25) is 0 Å². The number of benzene rings is 1. The number of rotatable bonds is 5. The van der Waals surface area contributed by atoms with Gasteiger partial charge in [-0.2, -0.15) is 18.3 Å². The molecule has 3 aromatic rings. The molecule has 0 bridgehead atoms. The van der Waals surface area contributed by atoms with E-state index >= 15 is 0 Å². The van der Waals surface area contributed by atoms with Crippen molar-refractivity contribution in [3.8, 4) is 11.1 Å². The molecule has 13 heteroatoms. The molecule has 0 fully saturated rings. The average Bonchev–Trinajstić information content (AvgIpc) is 2.64. The molecule has 0 atom stereocenters. The van der Waals surface area contributed by atoms with Crippen molar-refractivity contribution in [2.75, 3.05) is 5.32 Å². The molecule has 0 aliphatic carbocycles. The summed E-state index contributed by atoms with van der Waals surface area (Å²) in [5.41, 5.74) is -2.54. The Morgan fingerprint density at radius 3 is 2.35 bits per heavy atom. The summed E-state index contributed by atoms with van der Waals surface area (Å²) in [6.07, 6.45) is -4.70. The molecular weight excluding hydrogens is 432 g/mol. The summed E-state index contributed by atoms with van der Waals surface area (Å²) in [4.78, 5) is 31.2. The molecule has 162 valence electrons. The molecule has 0 aliphatic heterocycles. The van der Waals surface area contributed by atoms with E-state index in [4.69, 9.17) is 0 Å². The van der Waals surface area contributed by atoms with E-state index in [2.05, 4.69) is 15.1 Å². The predicted octanol–water partition coefficient (Wildman–Crippen LogP) is 2.86. The van der Waals surface area contributed by atoms with Crippen molar-refractivity contribution in [2.45, 2.75) is 19.1 Å². The second-order valence-electron chi connectivity index (χ2n) is 6.22. The fourth-order valence-corrected chi connectivity index (χ4v) is 2.64. The Hall–Kier alpha value is -3.77. The molecule has 0 radical (unpaired) electrons. The van der Waals surface area contributed by atoms with Gasteiger partial charge in [0.05, 0.1) is 18.3 Å². The molecular formula is C18H11F6N5O2. The molecule has 2 heterocycles. The quantitative estimate of drug-likeness (QED) is 0.613. The second-order valence-corrected chi connectivity index (χ2v) is 6.22. The maximum atomic E-state index is 13.5. The van der Waals surface area contributed by atoms with Crippen LogP contribution >= 0.6 is 0 Å². The van der Waals surface area contributed by atoms with E-state index < -0.39 is 65.1 Å². The van der Waals surface area contributed by atoms with Gasteiger partial charge in [-0.1, -0.05) is 0 Å². The summed E-state index contributed by atoms with van der Waals surface area (Å²) < 4.78 is 80.0. The van der Waals surface area contributed by atoms with Gasteiger partial charge in [0.25, 0.3) is 5.56 Å². The monoisotopic (exact) mass is 443 g/mol. The molecule has 1 amide bonds. The van der Waals surface area contributed by atoms with Gasteiger partial charge in [-0.3, -0.25) is 9.59 Å². The highest BCUT2D eigenvalue weighted by molar-refractivity contribution is 5.89. The number of alkyl halides is 3. The van der Waals surface area contributed by atoms with Crippen molar-refractivity contribution in [1.29, 1.82) is 0 Å². The van der Waals surface area contributed by atoms with Crippen LogP contribution in [-0.4, -0.2) is 31.8 Å². The zero-order valence-electron chi connectivity index (χ0n) is 15.3. The van der Waals surface area contributed by atoms with Crippen LogP contribution in [0.3, 0.4) is 0 Å². The Kier molecular flexibility index (Phi) is 6.04. The lowest BCUT2D eigenvalue weighted by Gasteiger charge is -2.14. The molecule has 2 aromatic heterocycles. The van der Waals surface area contributed by atoms with Gasteiger partial charge in [0.15, 0.2) is 11.6 Å². The van der Waals surface area contributed by atoms with E-state index in [1.54, 1.807) is 0 Å². The topological polar surface area (TPSA) is 89.8 Å². The molecule has 31 heavy (non-hydrogen) atoms. The molecule has 0 saturated heterocycles. The van der Waals surface area contributed by atoms with Crippen molar-refractivity contribution in [1.82, 2.24) is 19.7 Å². The number of nitrogens with one attached hydrogen (secondary N) is 1. The standard InChI is InChI=1S/C18H11F6N5O2/c19-10-1-9(2-11(20)3-10)12-4-16(31)29(28-14(12)5-18(22,23)24)7-15(30)27-17-13(21)6-25-8-26-17/h1-4,6,8H,5,7H2,(H,25,26,27,30). The van der Waals surface area contributed by atoms with Crippen molar-refractivity contribution >= 4 is 11.7 Å². The van der Waals surface area contributed by atoms with Crippen molar-refractivity contribution < 1.29 is 31.1 Å². The van der Waals surface area contributed by atoms with E-state index in [1.807, 2.05) is 5.32 Å². The number of carbonyl (C=O) groups excluding carboxylic acids is 1. The van der Waals surface area contributed by atoms with E-state index in [-0.39, 0.29) is 5.56 Å². The third-order valence-electron chi connectivity index (χ3n) is 3.83. The molecule has 3 rings (SSSR count). The smallest absolute Gasteiger partial charge is 0.307 e. The van der Waals surface area contributed by atoms with Crippen LogP contribution in [0.4, 0.5) is 32.2 Å². The maximum absolute atomic E-state index is 13.5. The first kappa shape index (κ1) is 21.9. The molecule has 7 nitrogen and oxygen atoms in total. The minimum atomic E-state index is -4.78. The van der Waals surface area contributed by atoms with Gasteiger partial charge in [-0.05, 0) is 17.7 Å². The zero-order valence-corrected chi connectivity index (χ0v) is 15.3. The van der Waals surface area contributed by atoms with Crippen molar-refractivity contribution in [3.05, 3.63) is 70.3 Å². The number of nitrogens with zero attached hydrogens (tertiary/aromatic N) is 4. The lowest BCUT2D eigenvalue weighted by Crippen LogP contribution is -2.31. The number of hydrogen-bond acceptors (Lipinski definition) is 5. The van der Waals surface area contributed by atoms with Gasteiger partial charge in [-0.15, -0.1) is 0 Å². The first-order valence-electron chi connectivity index (χ1n) is 8.41. The summed E-state index contributed by atoms with van der Waals surface area (Å²) in [5.74, 6) is -4.62. The Morgan fingerprint density at radius 1 is 1.06 bits per heavy atom. The van der Waals surface area contributed by atoms with Crippen LogP contribution in [0.25, 0.3) is 11.1 Å². The normalized spacial score (nSPS) is 11.4. The average molecular weight is 443 g/mol. The van der Waals surface area contributed by atoms with Crippen LogP contribution in [0.15, 0.2) is 41.6 Å². The molecule has 1 aromatic carbocycles. The molecule has 0 aliphatic rings. The minimum Gasteiger partial charge on any atom is -0.307 e. The number of aromatic nitrogens is 4. The van der Waals surface area contributed by atoms with Crippen molar-refractivity contribution in [3.63, 3.8) is 0 Å². The lowest BCUT2D eigenvalue weighted by atomic mass is 10.0. The fourth-order valence-electron chi connectivity index (χ4n) is 2.64. The van der Waals surface area contributed by atoms with Gasteiger partial charge in [-0.25, -0.2) is 27.8 Å². The second kappa shape index (κ2) is 8.53. The number of anilines is 1. The van der Waals surface area contributed by atoms with Crippen LogP contribution in [0, 0.1) is 17.5 Å². The Balaban J connectivity index is 1.98. The number of hydrogen-bond donors (Lipinski definition) is 1. The largest absolute Gasteiger partial charge is 0.394 e. The number of halogens is 6. The van der Waals surface area contributed by atoms with Crippen LogP contribution < -0.4 is 10.9 Å². The Morgan fingerprint density at radius 2 is 1.74 bits per heavy atom. The zero-order chi connectivity index (χ0) is 22.8. The molecule has 0 saturated carbocycles. The van der Waals surface area contributed by atoms with E-state index in [0.29, 0.717) is 16.8 Å². The third-order valence-corrected chi connectivity index (χ3v) is 3.83. The first-order chi connectivity index (χ1) is 14.5. The lowest BCUT2D eigenvalue weighted by molar-refractivity contribution is -0.127. The molecule has 0 unspecified atom stereocenters. The summed E-state index contributed by atoms with van der Waals surface area (Å²) in [6.45, 7) is -0.870. The van der Waals surface area contributed by atoms with E-state index in [0.717, 1.165) is 24.7 Å². The molecule has 1 N–H and O–H groups in total. The summed E-state index contributed by atoms with van der Waals surface area (Å²) in [6, 6.07) is 2.68. The maximum Gasteiger partial charge on any atom is 0.394 e. The van der Waals surface area contributed by atoms with Gasteiger partial charge in [0.2, 0.25) is 5.91 Å². The Labute approximate surface area is 169 Å². The first-order valence-corrected chi connectivity index (χ1v) is 8.41. The summed E-state index contributed by atoms with van der Waals surface area (Å²) in [7, 11) is 0. The Bertz CT molecular complexity index is 1170. The predicted molar refractivity (Wildman–Crippen MR) is 94.2 cm³/mol. The third kappa shape index (κ3) is 5.65. The van der Waals surface area contributed by atoms with Crippen LogP contribution in [0.5, 0.6) is 0 Å². The van der Waals surface area contributed by atoms with Crippen LogP contribution in [0.1, 0.15) is 5.69 Å². The van der Waals surface area contributed by atoms with Gasteiger partial charge >= 0.3 is 6.18 Å². The highest BCUT2D eigenvalue weighted by Crippen LogP contribution is 2.28. The van der Waals surface area contributed by atoms with E-state index in [9.17, 15) is 35.9 Å². The summed E-state index contributed by atoms with van der Waals surface area (Å²) in [5, 5.41) is 5.58. The van der Waals surface area contributed by atoms with Gasteiger partial charge in [0, 0.05) is 17.7 Å². The van der Waals surface area contributed by atoms with Crippen molar-refractivity contribution in [2.24, 2.45) is 0 Å². The fraction of sp³-hybridized carbons (Fsp3) is 0.167. The highest BCUT2D eigenvalue weighted by atomic mass is 19.4. The molecule has 0 spiro atoms. The SMILES string of the molecule is O=C(Cn1nc(CC(F)(F)F)c(-c2cc(F)cc(F)c2)cc1=O)Nc1ncncc1F.